The van der Waals surface area contributed by atoms with Gasteiger partial charge in [-0.15, -0.1) is 6.58 Å². The molecule has 1 aliphatic rings. The first kappa shape index (κ1) is 12.2. The second-order valence-corrected chi connectivity index (χ2v) is 4.10. The number of aliphatic hydroxyl groups is 1. The van der Waals surface area contributed by atoms with Crippen LogP contribution in [0.2, 0.25) is 0 Å². The third-order valence-electron chi connectivity index (χ3n) is 3.00. The van der Waals surface area contributed by atoms with Crippen molar-refractivity contribution in [3.63, 3.8) is 0 Å². The Labute approximate surface area is 91.8 Å². The number of amides is 1. The van der Waals surface area contributed by atoms with E-state index in [1.807, 2.05) is 4.90 Å². The van der Waals surface area contributed by atoms with E-state index in [1.165, 1.54) is 19.3 Å². The van der Waals surface area contributed by atoms with E-state index in [-0.39, 0.29) is 12.5 Å². The highest BCUT2D eigenvalue weighted by Gasteiger charge is 2.23. The molecule has 1 rings (SSSR count). The highest BCUT2D eigenvalue weighted by atomic mass is 16.3. The van der Waals surface area contributed by atoms with Crippen LogP contribution in [0.25, 0.3) is 0 Å². The average molecular weight is 211 g/mol. The average Bonchev–Trinajstić information content (AvgIpc) is 2.27. The van der Waals surface area contributed by atoms with E-state index in [2.05, 4.69) is 6.58 Å². The number of carbonyl (C=O) groups is 1. The van der Waals surface area contributed by atoms with Crippen LogP contribution in [0.4, 0.5) is 0 Å². The van der Waals surface area contributed by atoms with E-state index in [4.69, 9.17) is 5.11 Å². The molecule has 1 saturated carbocycles. The van der Waals surface area contributed by atoms with Gasteiger partial charge in [0.05, 0.1) is 6.61 Å². The van der Waals surface area contributed by atoms with Gasteiger partial charge in [-0.05, 0) is 12.8 Å². The number of nitrogens with zero attached hydrogens (tertiary/aromatic N) is 1. The van der Waals surface area contributed by atoms with E-state index >= 15 is 0 Å². The van der Waals surface area contributed by atoms with Gasteiger partial charge < -0.3 is 10.0 Å². The summed E-state index contributed by atoms with van der Waals surface area (Å²) in [4.78, 5) is 13.6. The molecular weight excluding hydrogens is 190 g/mol. The van der Waals surface area contributed by atoms with Crippen molar-refractivity contribution in [1.82, 2.24) is 4.90 Å². The quantitative estimate of drug-likeness (QED) is 0.703. The lowest BCUT2D eigenvalue weighted by Gasteiger charge is -2.33. The Morgan fingerprint density at radius 2 is 2.07 bits per heavy atom. The molecule has 3 nitrogen and oxygen atoms in total. The Bertz CT molecular complexity index is 210. The van der Waals surface area contributed by atoms with Gasteiger partial charge >= 0.3 is 0 Å². The lowest BCUT2D eigenvalue weighted by Crippen LogP contribution is -2.42. The van der Waals surface area contributed by atoms with E-state index in [0.717, 1.165) is 12.8 Å². The molecule has 1 amide bonds. The highest BCUT2D eigenvalue weighted by molar-refractivity contribution is 5.77. The number of carbonyl (C=O) groups excluding carboxylic acids is 1. The Morgan fingerprint density at radius 1 is 1.40 bits per heavy atom. The molecule has 0 aromatic carbocycles. The van der Waals surface area contributed by atoms with Crippen molar-refractivity contribution < 1.29 is 9.90 Å². The largest absolute Gasteiger partial charge is 0.395 e. The van der Waals surface area contributed by atoms with Crippen molar-refractivity contribution in [3.05, 3.63) is 12.7 Å². The van der Waals surface area contributed by atoms with Crippen LogP contribution in [0.15, 0.2) is 12.7 Å². The molecular formula is C12H21NO2. The van der Waals surface area contributed by atoms with Gasteiger partial charge in [-0.3, -0.25) is 4.79 Å². The van der Waals surface area contributed by atoms with Crippen molar-refractivity contribution >= 4 is 5.91 Å². The van der Waals surface area contributed by atoms with Gasteiger partial charge in [0.15, 0.2) is 0 Å². The highest BCUT2D eigenvalue weighted by Crippen LogP contribution is 2.22. The topological polar surface area (TPSA) is 40.5 Å². The molecule has 0 saturated heterocycles. The minimum atomic E-state index is 0.0549. The first-order valence-corrected chi connectivity index (χ1v) is 5.80. The van der Waals surface area contributed by atoms with Crippen LogP contribution in [-0.4, -0.2) is 35.1 Å². The molecule has 0 heterocycles. The maximum Gasteiger partial charge on any atom is 0.226 e. The zero-order chi connectivity index (χ0) is 11.1. The molecule has 0 unspecified atom stereocenters. The summed E-state index contributed by atoms with van der Waals surface area (Å²) in [6, 6.07) is 0.346. The first-order valence-electron chi connectivity index (χ1n) is 5.80. The molecule has 0 atom stereocenters. The van der Waals surface area contributed by atoms with Crippen LogP contribution in [-0.2, 0) is 4.79 Å². The minimum Gasteiger partial charge on any atom is -0.395 e. The summed E-state index contributed by atoms with van der Waals surface area (Å²) >= 11 is 0. The molecule has 1 fully saturated rings. The van der Waals surface area contributed by atoms with Gasteiger partial charge in [-0.2, -0.15) is 0 Å². The van der Waals surface area contributed by atoms with Crippen LogP contribution in [0.1, 0.15) is 38.5 Å². The molecule has 0 aromatic rings. The lowest BCUT2D eigenvalue weighted by atomic mass is 9.94. The van der Waals surface area contributed by atoms with Crippen LogP contribution in [0, 0.1) is 0 Å². The molecule has 1 aliphatic carbocycles. The normalized spacial score (nSPS) is 17.4. The smallest absolute Gasteiger partial charge is 0.226 e. The Hall–Kier alpha value is -0.830. The monoisotopic (exact) mass is 211 g/mol. The number of rotatable bonds is 5. The van der Waals surface area contributed by atoms with E-state index in [1.54, 1.807) is 6.08 Å². The predicted molar refractivity (Wildman–Crippen MR) is 60.5 cm³/mol. The molecule has 0 radical (unpaired) electrons. The molecule has 0 spiro atoms. The zero-order valence-corrected chi connectivity index (χ0v) is 9.32. The summed E-state index contributed by atoms with van der Waals surface area (Å²) in [6.45, 7) is 4.10. The van der Waals surface area contributed by atoms with E-state index < -0.39 is 0 Å². The van der Waals surface area contributed by atoms with Gasteiger partial charge in [0.2, 0.25) is 5.91 Å². The van der Waals surface area contributed by atoms with Crippen molar-refractivity contribution in [2.45, 2.75) is 44.6 Å². The molecule has 15 heavy (non-hydrogen) atoms. The maximum absolute atomic E-state index is 11.8. The van der Waals surface area contributed by atoms with Gasteiger partial charge in [0.25, 0.3) is 0 Å². The van der Waals surface area contributed by atoms with Crippen molar-refractivity contribution in [2.75, 3.05) is 13.2 Å². The molecule has 0 aliphatic heterocycles. The third-order valence-corrected chi connectivity index (χ3v) is 3.00. The van der Waals surface area contributed by atoms with Crippen LogP contribution in [0.3, 0.4) is 0 Å². The van der Waals surface area contributed by atoms with Gasteiger partial charge in [0.1, 0.15) is 0 Å². The summed E-state index contributed by atoms with van der Waals surface area (Å²) in [5, 5.41) is 8.96. The van der Waals surface area contributed by atoms with Crippen molar-refractivity contribution in [2.24, 2.45) is 0 Å². The fraction of sp³-hybridized carbons (Fsp3) is 0.750. The summed E-state index contributed by atoms with van der Waals surface area (Å²) in [7, 11) is 0. The van der Waals surface area contributed by atoms with E-state index in [9.17, 15) is 4.79 Å². The Morgan fingerprint density at radius 3 is 2.60 bits per heavy atom. The molecule has 3 heteroatoms. The zero-order valence-electron chi connectivity index (χ0n) is 9.32. The predicted octanol–water partition coefficient (Wildman–Crippen LogP) is 1.72. The van der Waals surface area contributed by atoms with Crippen LogP contribution in [0.5, 0.6) is 0 Å². The minimum absolute atomic E-state index is 0.0549. The number of hydrogen-bond donors (Lipinski definition) is 1. The third kappa shape index (κ3) is 3.67. The van der Waals surface area contributed by atoms with Crippen molar-refractivity contribution in [3.8, 4) is 0 Å². The van der Waals surface area contributed by atoms with Gasteiger partial charge in [-0.25, -0.2) is 0 Å². The van der Waals surface area contributed by atoms with Gasteiger partial charge in [0, 0.05) is 19.0 Å². The fourth-order valence-corrected chi connectivity index (χ4v) is 2.25. The Balaban J connectivity index is 2.53. The first-order chi connectivity index (χ1) is 7.29. The van der Waals surface area contributed by atoms with Crippen LogP contribution >= 0.6 is 0 Å². The molecule has 0 bridgehead atoms. The lowest BCUT2D eigenvalue weighted by molar-refractivity contribution is -0.133. The maximum atomic E-state index is 11.8. The SMILES string of the molecule is C=CCC(=O)N(CCO)C1CCCCC1. The summed E-state index contributed by atoms with van der Waals surface area (Å²) in [5.74, 6) is 0.103. The van der Waals surface area contributed by atoms with E-state index in [0.29, 0.717) is 19.0 Å². The second kappa shape index (κ2) is 6.62. The number of aliphatic hydroxyl groups excluding tert-OH is 1. The number of hydrogen-bond acceptors (Lipinski definition) is 2. The summed E-state index contributed by atoms with van der Waals surface area (Å²) in [6.07, 6.45) is 7.87. The standard InChI is InChI=1S/C12H21NO2/c1-2-6-12(15)13(9-10-14)11-7-4-3-5-8-11/h2,11,14H,1,3-10H2. The Kier molecular flexibility index (Phi) is 5.40. The van der Waals surface area contributed by atoms with Gasteiger partial charge in [-0.1, -0.05) is 25.3 Å². The summed E-state index contributed by atoms with van der Waals surface area (Å²) in [5.41, 5.74) is 0. The fourth-order valence-electron chi connectivity index (χ4n) is 2.25. The second-order valence-electron chi connectivity index (χ2n) is 4.10. The van der Waals surface area contributed by atoms with Crippen LogP contribution < -0.4 is 0 Å². The summed E-state index contributed by atoms with van der Waals surface area (Å²) < 4.78 is 0. The van der Waals surface area contributed by atoms with Crippen molar-refractivity contribution in [1.29, 1.82) is 0 Å². The molecule has 86 valence electrons. The molecule has 0 aromatic heterocycles. The molecule has 1 N–H and O–H groups in total.